The molecule has 3 rings (SSSR count). The topological polar surface area (TPSA) is 56.8 Å². The van der Waals surface area contributed by atoms with Crippen molar-refractivity contribution in [3.63, 3.8) is 0 Å². The fourth-order valence-corrected chi connectivity index (χ4v) is 2.31. The first-order valence-electron chi connectivity index (χ1n) is 6.38. The molecule has 5 nitrogen and oxygen atoms in total. The lowest BCUT2D eigenvalue weighted by molar-refractivity contribution is 0.580. The highest BCUT2D eigenvalue weighted by Crippen LogP contribution is 2.23. The number of halogens is 1. The van der Waals surface area contributed by atoms with E-state index in [2.05, 4.69) is 25.4 Å². The average Bonchev–Trinajstić information content (AvgIpc) is 2.93. The van der Waals surface area contributed by atoms with Gasteiger partial charge in [0.25, 0.3) is 0 Å². The Kier molecular flexibility index (Phi) is 3.40. The second kappa shape index (κ2) is 5.19. The predicted octanol–water partition coefficient (Wildman–Crippen LogP) is 1.84. The van der Waals surface area contributed by atoms with E-state index in [1.807, 2.05) is 25.1 Å². The molecule has 1 aliphatic rings. The minimum Gasteiger partial charge on any atom is -0.337 e. The summed E-state index contributed by atoms with van der Waals surface area (Å²) in [6.07, 6.45) is 0. The molecule has 100 valence electrons. The molecule has 0 atom stereocenters. The molecule has 6 heteroatoms. The Labute approximate surface area is 117 Å². The van der Waals surface area contributed by atoms with E-state index in [9.17, 15) is 0 Å². The van der Waals surface area contributed by atoms with Gasteiger partial charge in [0, 0.05) is 36.8 Å². The normalized spacial score (nSPS) is 15.8. The molecule has 0 spiro atoms. The number of anilines is 1. The second-order valence-corrected chi connectivity index (χ2v) is 5.09. The van der Waals surface area contributed by atoms with Crippen LogP contribution in [0.3, 0.4) is 0 Å². The standard InChI is InChI=1S/C13H16ClN5/c1-9-2-3-10(8-11(9)14)12-16-13(18-17-12)19-6-4-15-5-7-19/h2-3,8,15H,4-7H2,1H3,(H,16,17,18). The van der Waals surface area contributed by atoms with Gasteiger partial charge in [0.1, 0.15) is 0 Å². The van der Waals surface area contributed by atoms with Gasteiger partial charge in [0.2, 0.25) is 5.95 Å². The van der Waals surface area contributed by atoms with E-state index in [1.165, 1.54) is 0 Å². The molecule has 2 aromatic rings. The van der Waals surface area contributed by atoms with E-state index < -0.39 is 0 Å². The summed E-state index contributed by atoms with van der Waals surface area (Å²) in [6, 6.07) is 5.91. The number of aryl methyl sites for hydroxylation is 1. The molecule has 1 fully saturated rings. The zero-order valence-corrected chi connectivity index (χ0v) is 11.5. The van der Waals surface area contributed by atoms with Crippen LogP contribution in [0.1, 0.15) is 5.56 Å². The lowest BCUT2D eigenvalue weighted by Crippen LogP contribution is -2.44. The van der Waals surface area contributed by atoms with Crippen molar-refractivity contribution in [3.8, 4) is 11.4 Å². The van der Waals surface area contributed by atoms with Gasteiger partial charge in [-0.2, -0.15) is 4.98 Å². The highest BCUT2D eigenvalue weighted by molar-refractivity contribution is 6.31. The van der Waals surface area contributed by atoms with E-state index >= 15 is 0 Å². The molecule has 0 saturated carbocycles. The molecule has 0 bridgehead atoms. The van der Waals surface area contributed by atoms with Gasteiger partial charge in [-0.3, -0.25) is 5.10 Å². The van der Waals surface area contributed by atoms with Crippen molar-refractivity contribution >= 4 is 17.5 Å². The van der Waals surface area contributed by atoms with Crippen LogP contribution < -0.4 is 10.2 Å². The fourth-order valence-electron chi connectivity index (χ4n) is 2.13. The Morgan fingerprint density at radius 2 is 2.05 bits per heavy atom. The Morgan fingerprint density at radius 3 is 2.79 bits per heavy atom. The summed E-state index contributed by atoms with van der Waals surface area (Å²) in [6.45, 7) is 5.80. The van der Waals surface area contributed by atoms with Crippen molar-refractivity contribution < 1.29 is 0 Å². The van der Waals surface area contributed by atoms with Crippen LogP contribution in [-0.2, 0) is 0 Å². The van der Waals surface area contributed by atoms with Crippen LogP contribution in [0.15, 0.2) is 18.2 Å². The van der Waals surface area contributed by atoms with Crippen molar-refractivity contribution in [2.75, 3.05) is 31.1 Å². The van der Waals surface area contributed by atoms with Gasteiger partial charge < -0.3 is 10.2 Å². The van der Waals surface area contributed by atoms with E-state index in [-0.39, 0.29) is 0 Å². The van der Waals surface area contributed by atoms with Crippen molar-refractivity contribution in [3.05, 3.63) is 28.8 Å². The first-order chi connectivity index (χ1) is 9.24. The molecule has 2 N–H and O–H groups in total. The molecule has 1 aromatic heterocycles. The monoisotopic (exact) mass is 277 g/mol. The third kappa shape index (κ3) is 2.57. The number of H-pyrrole nitrogens is 1. The predicted molar refractivity (Wildman–Crippen MR) is 76.6 cm³/mol. The van der Waals surface area contributed by atoms with Crippen molar-refractivity contribution in [1.82, 2.24) is 20.5 Å². The van der Waals surface area contributed by atoms with Gasteiger partial charge in [-0.05, 0) is 18.6 Å². The summed E-state index contributed by atoms with van der Waals surface area (Å²) >= 11 is 6.14. The molecule has 0 amide bonds. The number of nitrogens with one attached hydrogen (secondary N) is 2. The Bertz CT molecular complexity index is 574. The van der Waals surface area contributed by atoms with Crippen molar-refractivity contribution in [1.29, 1.82) is 0 Å². The van der Waals surface area contributed by atoms with E-state index in [0.717, 1.165) is 54.1 Å². The number of piperazine rings is 1. The lowest BCUT2D eigenvalue weighted by Gasteiger charge is -2.25. The molecule has 1 saturated heterocycles. The Hall–Kier alpha value is -1.59. The first kappa shape index (κ1) is 12.4. The molecular formula is C13H16ClN5. The molecule has 0 aliphatic carbocycles. The number of aromatic amines is 1. The zero-order chi connectivity index (χ0) is 13.2. The maximum Gasteiger partial charge on any atom is 0.245 e. The third-order valence-corrected chi connectivity index (χ3v) is 3.73. The van der Waals surface area contributed by atoms with E-state index in [4.69, 9.17) is 11.6 Å². The lowest BCUT2D eigenvalue weighted by atomic mass is 10.1. The van der Waals surface area contributed by atoms with Crippen molar-refractivity contribution in [2.24, 2.45) is 0 Å². The molecule has 19 heavy (non-hydrogen) atoms. The van der Waals surface area contributed by atoms with Crippen LogP contribution in [0.5, 0.6) is 0 Å². The van der Waals surface area contributed by atoms with Crippen LogP contribution in [0.4, 0.5) is 5.95 Å². The average molecular weight is 278 g/mol. The van der Waals surface area contributed by atoms with Gasteiger partial charge in [0.05, 0.1) is 0 Å². The zero-order valence-electron chi connectivity index (χ0n) is 10.8. The molecule has 1 aliphatic heterocycles. The van der Waals surface area contributed by atoms with Crippen LogP contribution in [0.25, 0.3) is 11.4 Å². The maximum absolute atomic E-state index is 6.14. The van der Waals surface area contributed by atoms with Gasteiger partial charge in [-0.15, -0.1) is 5.10 Å². The van der Waals surface area contributed by atoms with Crippen LogP contribution in [0, 0.1) is 6.92 Å². The highest BCUT2D eigenvalue weighted by atomic mass is 35.5. The number of hydrogen-bond acceptors (Lipinski definition) is 4. The van der Waals surface area contributed by atoms with Gasteiger partial charge in [-0.25, -0.2) is 0 Å². The Morgan fingerprint density at radius 1 is 1.26 bits per heavy atom. The number of hydrogen-bond donors (Lipinski definition) is 2. The number of benzene rings is 1. The summed E-state index contributed by atoms with van der Waals surface area (Å²) in [7, 11) is 0. The third-order valence-electron chi connectivity index (χ3n) is 3.32. The summed E-state index contributed by atoms with van der Waals surface area (Å²) < 4.78 is 0. The molecular weight excluding hydrogens is 262 g/mol. The van der Waals surface area contributed by atoms with Crippen molar-refractivity contribution in [2.45, 2.75) is 6.92 Å². The van der Waals surface area contributed by atoms with Gasteiger partial charge in [-0.1, -0.05) is 23.7 Å². The first-order valence-corrected chi connectivity index (χ1v) is 6.76. The van der Waals surface area contributed by atoms with Crippen LogP contribution >= 0.6 is 11.6 Å². The summed E-state index contributed by atoms with van der Waals surface area (Å²) in [5.41, 5.74) is 2.02. The number of aromatic nitrogens is 3. The maximum atomic E-state index is 6.14. The number of rotatable bonds is 2. The molecule has 2 heterocycles. The minimum atomic E-state index is 0.748. The molecule has 0 radical (unpaired) electrons. The summed E-state index contributed by atoms with van der Waals surface area (Å²) in [5.74, 6) is 1.52. The molecule has 1 aromatic carbocycles. The largest absolute Gasteiger partial charge is 0.337 e. The van der Waals surface area contributed by atoms with E-state index in [0.29, 0.717) is 0 Å². The van der Waals surface area contributed by atoms with Crippen LogP contribution in [0.2, 0.25) is 5.02 Å². The number of nitrogens with zero attached hydrogens (tertiary/aromatic N) is 3. The minimum absolute atomic E-state index is 0.748. The van der Waals surface area contributed by atoms with Crippen LogP contribution in [-0.4, -0.2) is 41.4 Å². The molecule has 0 unspecified atom stereocenters. The quantitative estimate of drug-likeness (QED) is 0.880. The summed E-state index contributed by atoms with van der Waals surface area (Å²) in [4.78, 5) is 6.72. The second-order valence-electron chi connectivity index (χ2n) is 4.69. The summed E-state index contributed by atoms with van der Waals surface area (Å²) in [5, 5.41) is 11.3. The Balaban J connectivity index is 1.85. The SMILES string of the molecule is Cc1ccc(-c2nc(N3CCNCC3)n[nH]2)cc1Cl. The van der Waals surface area contributed by atoms with E-state index in [1.54, 1.807) is 0 Å². The van der Waals surface area contributed by atoms with Gasteiger partial charge in [0.15, 0.2) is 5.82 Å². The highest BCUT2D eigenvalue weighted by Gasteiger charge is 2.15. The smallest absolute Gasteiger partial charge is 0.245 e. The van der Waals surface area contributed by atoms with Gasteiger partial charge >= 0.3 is 0 Å². The fraction of sp³-hybridized carbons (Fsp3) is 0.385.